The van der Waals surface area contributed by atoms with E-state index in [-0.39, 0.29) is 6.04 Å². The van der Waals surface area contributed by atoms with Gasteiger partial charge >= 0.3 is 6.18 Å². The van der Waals surface area contributed by atoms with Crippen LogP contribution in [0.2, 0.25) is 0 Å². The molecule has 1 saturated heterocycles. The van der Waals surface area contributed by atoms with Crippen LogP contribution in [-0.2, 0) is 19.1 Å². The Balaban J connectivity index is 1.36. The first kappa shape index (κ1) is 30.3. The minimum Gasteiger partial charge on any atom is -0.493 e. The molecule has 0 spiro atoms. The minimum atomic E-state index is -4.36. The van der Waals surface area contributed by atoms with Gasteiger partial charge in [-0.25, -0.2) is 0 Å². The highest BCUT2D eigenvalue weighted by molar-refractivity contribution is 5.86. The molecule has 1 aromatic heterocycles. The lowest BCUT2D eigenvalue weighted by atomic mass is 10.1. The molecule has 1 fully saturated rings. The average molecular weight is 599 g/mol. The molecule has 0 bridgehead atoms. The zero-order chi connectivity index (χ0) is 30.7. The van der Waals surface area contributed by atoms with Crippen LogP contribution in [0, 0.1) is 0 Å². The first-order valence-corrected chi connectivity index (χ1v) is 14.1. The summed E-state index contributed by atoms with van der Waals surface area (Å²) in [5, 5.41) is 6.03. The molecule has 0 aliphatic carbocycles. The standard InChI is InChI=1S/C32H37F3N4O4/c1-21(37-11-13-38(14-12-37)24-8-6-7-23(17-24)32(33,34)35)15-26-25-18-30(42-4)31(43-5)19-27(25)39(36-26)20-22-9-10-28(40-2)29(16-22)41-3/h6-10,16-19,21H,11-15,20H2,1-5H3. The van der Waals surface area contributed by atoms with Gasteiger partial charge in [0.2, 0.25) is 0 Å². The topological polar surface area (TPSA) is 61.2 Å². The Kier molecular flexibility index (Phi) is 8.91. The number of halogens is 3. The number of aromatic nitrogens is 2. The number of ether oxygens (including phenoxy) is 4. The molecule has 1 aliphatic rings. The number of anilines is 1. The molecule has 4 aromatic rings. The molecule has 11 heteroatoms. The molecule has 1 atom stereocenters. The summed E-state index contributed by atoms with van der Waals surface area (Å²) in [5.41, 5.74) is 2.84. The van der Waals surface area contributed by atoms with E-state index < -0.39 is 11.7 Å². The number of hydrogen-bond donors (Lipinski definition) is 0. The van der Waals surface area contributed by atoms with E-state index >= 15 is 0 Å². The molecule has 2 heterocycles. The minimum absolute atomic E-state index is 0.157. The van der Waals surface area contributed by atoms with Crippen molar-refractivity contribution in [1.29, 1.82) is 0 Å². The highest BCUT2D eigenvalue weighted by Crippen LogP contribution is 2.36. The summed E-state index contributed by atoms with van der Waals surface area (Å²) >= 11 is 0. The van der Waals surface area contributed by atoms with Crippen molar-refractivity contribution in [1.82, 2.24) is 14.7 Å². The van der Waals surface area contributed by atoms with Gasteiger partial charge in [-0.15, -0.1) is 0 Å². The smallest absolute Gasteiger partial charge is 0.416 e. The van der Waals surface area contributed by atoms with Crippen molar-refractivity contribution in [2.75, 3.05) is 59.5 Å². The fourth-order valence-electron chi connectivity index (χ4n) is 5.70. The number of rotatable bonds is 10. The zero-order valence-electron chi connectivity index (χ0n) is 25.1. The molecule has 8 nitrogen and oxygen atoms in total. The van der Waals surface area contributed by atoms with E-state index in [9.17, 15) is 13.2 Å². The number of fused-ring (bicyclic) bond motifs is 1. The van der Waals surface area contributed by atoms with E-state index in [1.807, 2.05) is 39.9 Å². The van der Waals surface area contributed by atoms with Gasteiger partial charge < -0.3 is 23.8 Å². The van der Waals surface area contributed by atoms with Crippen LogP contribution in [0.1, 0.15) is 23.7 Å². The second-order valence-corrected chi connectivity index (χ2v) is 10.6. The van der Waals surface area contributed by atoms with Gasteiger partial charge in [-0.2, -0.15) is 18.3 Å². The Labute approximate surface area is 249 Å². The molecule has 1 unspecified atom stereocenters. The van der Waals surface area contributed by atoms with Gasteiger partial charge in [0.25, 0.3) is 0 Å². The molecule has 1 aliphatic heterocycles. The second-order valence-electron chi connectivity index (χ2n) is 10.6. The van der Waals surface area contributed by atoms with Crippen molar-refractivity contribution >= 4 is 16.6 Å². The summed E-state index contributed by atoms with van der Waals surface area (Å²) < 4.78 is 63.8. The molecular weight excluding hydrogens is 561 g/mol. The Morgan fingerprint density at radius 3 is 2.09 bits per heavy atom. The molecule has 43 heavy (non-hydrogen) atoms. The number of benzene rings is 3. The van der Waals surface area contributed by atoms with Crippen LogP contribution in [0.5, 0.6) is 23.0 Å². The summed E-state index contributed by atoms with van der Waals surface area (Å²) in [6.07, 6.45) is -3.67. The Morgan fingerprint density at radius 1 is 0.791 bits per heavy atom. The Hall–Kier alpha value is -4.12. The normalized spacial score (nSPS) is 15.0. The van der Waals surface area contributed by atoms with Crippen LogP contribution in [0.25, 0.3) is 10.9 Å². The lowest BCUT2D eigenvalue weighted by Gasteiger charge is -2.39. The third kappa shape index (κ3) is 6.46. The van der Waals surface area contributed by atoms with Crippen molar-refractivity contribution < 1.29 is 32.1 Å². The predicted octanol–water partition coefficient (Wildman–Crippen LogP) is 5.89. The predicted molar refractivity (Wildman–Crippen MR) is 160 cm³/mol. The largest absolute Gasteiger partial charge is 0.493 e. The summed E-state index contributed by atoms with van der Waals surface area (Å²) in [5.74, 6) is 2.55. The van der Waals surface area contributed by atoms with E-state index in [0.29, 0.717) is 54.7 Å². The maximum Gasteiger partial charge on any atom is 0.416 e. The quantitative estimate of drug-likeness (QED) is 0.226. The van der Waals surface area contributed by atoms with Crippen LogP contribution >= 0.6 is 0 Å². The van der Waals surface area contributed by atoms with Gasteiger partial charge in [-0.1, -0.05) is 12.1 Å². The third-order valence-electron chi connectivity index (χ3n) is 8.08. The first-order chi connectivity index (χ1) is 20.6. The van der Waals surface area contributed by atoms with Gasteiger partial charge in [0, 0.05) is 55.8 Å². The maximum absolute atomic E-state index is 13.2. The Bertz CT molecular complexity index is 1560. The molecule has 5 rings (SSSR count). The van der Waals surface area contributed by atoms with Gasteiger partial charge in [-0.3, -0.25) is 9.58 Å². The molecule has 0 radical (unpaired) electrons. The summed E-state index contributed by atoms with van der Waals surface area (Å²) in [6, 6.07) is 15.5. The number of alkyl halides is 3. The molecule has 230 valence electrons. The first-order valence-electron chi connectivity index (χ1n) is 14.1. The van der Waals surface area contributed by atoms with Crippen LogP contribution in [0.3, 0.4) is 0 Å². The highest BCUT2D eigenvalue weighted by atomic mass is 19.4. The lowest BCUT2D eigenvalue weighted by molar-refractivity contribution is -0.137. The molecule has 3 aromatic carbocycles. The number of piperazine rings is 1. The van der Waals surface area contributed by atoms with Crippen molar-refractivity contribution in [2.45, 2.75) is 32.1 Å². The van der Waals surface area contributed by atoms with Crippen LogP contribution < -0.4 is 23.8 Å². The molecule has 0 saturated carbocycles. The van der Waals surface area contributed by atoms with E-state index in [0.717, 1.165) is 41.3 Å². The SMILES string of the molecule is COc1ccc(Cn2nc(CC(C)N3CCN(c4cccc(C(F)(F)F)c4)CC3)c3cc(OC)c(OC)cc32)cc1OC. The molecular formula is C32H37F3N4O4. The zero-order valence-corrected chi connectivity index (χ0v) is 25.1. The van der Waals surface area contributed by atoms with Gasteiger partial charge in [-0.05, 0) is 48.9 Å². The summed E-state index contributed by atoms with van der Waals surface area (Å²) in [7, 11) is 6.45. The molecule has 0 N–H and O–H groups in total. The summed E-state index contributed by atoms with van der Waals surface area (Å²) in [4.78, 5) is 4.38. The summed E-state index contributed by atoms with van der Waals surface area (Å²) in [6.45, 7) is 5.43. The van der Waals surface area contributed by atoms with Crippen molar-refractivity contribution in [3.8, 4) is 23.0 Å². The molecule has 0 amide bonds. The van der Waals surface area contributed by atoms with Gasteiger partial charge in [0.05, 0.1) is 51.8 Å². The number of hydrogen-bond acceptors (Lipinski definition) is 7. The third-order valence-corrected chi connectivity index (χ3v) is 8.08. The second kappa shape index (κ2) is 12.6. The van der Waals surface area contributed by atoms with Crippen LogP contribution in [0.4, 0.5) is 18.9 Å². The van der Waals surface area contributed by atoms with E-state index in [1.165, 1.54) is 12.1 Å². The lowest BCUT2D eigenvalue weighted by Crippen LogP contribution is -2.50. The van der Waals surface area contributed by atoms with Gasteiger partial charge in [0.15, 0.2) is 23.0 Å². The highest BCUT2D eigenvalue weighted by Gasteiger charge is 2.31. The average Bonchev–Trinajstić information content (AvgIpc) is 3.34. The fraction of sp³-hybridized carbons (Fsp3) is 0.406. The maximum atomic E-state index is 13.2. The Morgan fingerprint density at radius 2 is 1.44 bits per heavy atom. The fourth-order valence-corrected chi connectivity index (χ4v) is 5.70. The van der Waals surface area contributed by atoms with Crippen molar-refractivity contribution in [3.05, 3.63) is 71.4 Å². The van der Waals surface area contributed by atoms with Crippen LogP contribution in [0.15, 0.2) is 54.6 Å². The monoisotopic (exact) mass is 598 g/mol. The van der Waals surface area contributed by atoms with Crippen LogP contribution in [-0.4, -0.2) is 75.3 Å². The van der Waals surface area contributed by atoms with E-state index in [1.54, 1.807) is 34.5 Å². The van der Waals surface area contributed by atoms with E-state index in [4.69, 9.17) is 24.0 Å². The van der Waals surface area contributed by atoms with Crippen molar-refractivity contribution in [2.24, 2.45) is 0 Å². The van der Waals surface area contributed by atoms with Gasteiger partial charge in [0.1, 0.15) is 0 Å². The number of methoxy groups -OCH3 is 4. The van der Waals surface area contributed by atoms with E-state index in [2.05, 4.69) is 11.8 Å². The van der Waals surface area contributed by atoms with Crippen molar-refractivity contribution in [3.63, 3.8) is 0 Å². The number of nitrogens with zero attached hydrogens (tertiary/aromatic N) is 4.